The van der Waals surface area contributed by atoms with Crippen LogP contribution in [0.25, 0.3) is 11.0 Å². The van der Waals surface area contributed by atoms with Crippen LogP contribution in [-0.4, -0.2) is 25.6 Å². The van der Waals surface area contributed by atoms with Crippen molar-refractivity contribution in [3.8, 4) is 5.75 Å². The number of anilines is 1. The fourth-order valence-electron chi connectivity index (χ4n) is 2.50. The minimum absolute atomic E-state index is 0.0942. The monoisotopic (exact) mass is 407 g/mol. The van der Waals surface area contributed by atoms with Gasteiger partial charge in [0.05, 0.1) is 24.4 Å². The molecule has 1 N–H and O–H groups in total. The van der Waals surface area contributed by atoms with Crippen molar-refractivity contribution in [3.05, 3.63) is 57.8 Å². The van der Waals surface area contributed by atoms with Crippen LogP contribution in [0.15, 0.2) is 40.8 Å². The number of halogens is 2. The molecule has 1 amide bonds. The first-order valence-electron chi connectivity index (χ1n) is 7.98. The van der Waals surface area contributed by atoms with Gasteiger partial charge < -0.3 is 19.2 Å². The number of rotatable bonds is 5. The maximum atomic E-state index is 12.5. The first kappa shape index (κ1) is 19.1. The summed E-state index contributed by atoms with van der Waals surface area (Å²) >= 11 is 12.2. The minimum Gasteiger partial charge on any atom is -0.496 e. The number of hydrogen-bond acceptors (Lipinski definition) is 5. The number of carbonyl (C=O) groups is 2. The predicted octanol–water partition coefficient (Wildman–Crippen LogP) is 5.18. The highest BCUT2D eigenvalue weighted by atomic mass is 35.5. The Bertz CT molecular complexity index is 1030. The second-order valence-corrected chi connectivity index (χ2v) is 6.34. The number of ether oxygens (including phenoxy) is 2. The average molecular weight is 408 g/mol. The Labute approximate surface area is 164 Å². The smallest absolute Gasteiger partial charge is 0.341 e. The Morgan fingerprint density at radius 2 is 1.93 bits per heavy atom. The third-order valence-corrected chi connectivity index (χ3v) is 4.28. The molecule has 140 valence electrons. The van der Waals surface area contributed by atoms with Gasteiger partial charge in [-0.15, -0.1) is 0 Å². The van der Waals surface area contributed by atoms with Crippen molar-refractivity contribution in [2.75, 3.05) is 19.0 Å². The number of carbonyl (C=O) groups excluding carboxylic acids is 2. The molecule has 0 aliphatic heterocycles. The third kappa shape index (κ3) is 4.02. The number of benzene rings is 2. The zero-order valence-corrected chi connectivity index (χ0v) is 16.0. The summed E-state index contributed by atoms with van der Waals surface area (Å²) in [6.45, 7) is 1.91. The van der Waals surface area contributed by atoms with Crippen LogP contribution >= 0.6 is 23.2 Å². The second kappa shape index (κ2) is 7.90. The van der Waals surface area contributed by atoms with E-state index in [0.717, 1.165) is 0 Å². The van der Waals surface area contributed by atoms with Crippen LogP contribution < -0.4 is 10.1 Å². The molecule has 1 heterocycles. The first-order chi connectivity index (χ1) is 12.9. The fourth-order valence-corrected chi connectivity index (χ4v) is 2.89. The van der Waals surface area contributed by atoms with E-state index in [4.69, 9.17) is 37.1 Å². The van der Waals surface area contributed by atoms with Crippen LogP contribution in [0.3, 0.4) is 0 Å². The molecule has 3 aromatic rings. The van der Waals surface area contributed by atoms with Crippen LogP contribution in [0, 0.1) is 0 Å². The largest absolute Gasteiger partial charge is 0.496 e. The van der Waals surface area contributed by atoms with Gasteiger partial charge in [0, 0.05) is 16.5 Å². The Balaban J connectivity index is 1.89. The zero-order chi connectivity index (χ0) is 19.6. The van der Waals surface area contributed by atoms with E-state index in [1.807, 2.05) is 0 Å². The van der Waals surface area contributed by atoms with Crippen LogP contribution in [0.1, 0.15) is 27.8 Å². The molecular formula is C19H15Cl2NO5. The zero-order valence-electron chi connectivity index (χ0n) is 14.5. The van der Waals surface area contributed by atoms with Gasteiger partial charge in [-0.25, -0.2) is 4.79 Å². The molecule has 0 saturated carbocycles. The number of methoxy groups -OCH3 is 1. The lowest BCUT2D eigenvalue weighted by atomic mass is 10.1. The van der Waals surface area contributed by atoms with Crippen LogP contribution in [0.2, 0.25) is 10.0 Å². The topological polar surface area (TPSA) is 77.8 Å². The van der Waals surface area contributed by atoms with Crippen molar-refractivity contribution in [2.45, 2.75) is 6.92 Å². The van der Waals surface area contributed by atoms with Gasteiger partial charge >= 0.3 is 5.97 Å². The van der Waals surface area contributed by atoms with Gasteiger partial charge in [-0.2, -0.15) is 0 Å². The molecule has 0 radical (unpaired) electrons. The van der Waals surface area contributed by atoms with Crippen molar-refractivity contribution >= 4 is 51.7 Å². The van der Waals surface area contributed by atoms with E-state index in [0.29, 0.717) is 16.0 Å². The quantitative estimate of drug-likeness (QED) is 0.589. The lowest BCUT2D eigenvalue weighted by Crippen LogP contribution is -2.13. The molecule has 1 aromatic heterocycles. The molecule has 6 nitrogen and oxygen atoms in total. The molecule has 2 aromatic carbocycles. The highest BCUT2D eigenvalue weighted by Gasteiger charge is 2.19. The Kier molecular flexibility index (Phi) is 5.58. The van der Waals surface area contributed by atoms with Crippen molar-refractivity contribution < 1.29 is 23.5 Å². The molecule has 8 heteroatoms. The third-order valence-electron chi connectivity index (χ3n) is 3.73. The molecule has 0 fully saturated rings. The van der Waals surface area contributed by atoms with Crippen LogP contribution in [0.5, 0.6) is 5.75 Å². The van der Waals surface area contributed by atoms with E-state index >= 15 is 0 Å². The molecule has 0 spiro atoms. The number of furan rings is 1. The van der Waals surface area contributed by atoms with Crippen molar-refractivity contribution in [2.24, 2.45) is 0 Å². The van der Waals surface area contributed by atoms with Crippen molar-refractivity contribution in [1.82, 2.24) is 0 Å². The summed E-state index contributed by atoms with van der Waals surface area (Å²) in [5.41, 5.74) is 0.969. The lowest BCUT2D eigenvalue weighted by Gasteiger charge is -2.12. The summed E-state index contributed by atoms with van der Waals surface area (Å²) < 4.78 is 15.7. The molecule has 0 aliphatic rings. The molecule has 0 aliphatic carbocycles. The normalized spacial score (nSPS) is 10.7. The Morgan fingerprint density at radius 1 is 1.15 bits per heavy atom. The lowest BCUT2D eigenvalue weighted by molar-refractivity contribution is 0.0522. The number of esters is 1. The fraction of sp³-hybridized carbons (Fsp3) is 0.158. The molecule has 3 rings (SSSR count). The summed E-state index contributed by atoms with van der Waals surface area (Å²) in [6, 6.07) is 9.46. The molecule has 0 saturated heterocycles. The Morgan fingerprint density at radius 3 is 2.63 bits per heavy atom. The molecular weight excluding hydrogens is 393 g/mol. The van der Waals surface area contributed by atoms with Gasteiger partial charge in [0.2, 0.25) is 0 Å². The van der Waals surface area contributed by atoms with Gasteiger partial charge in [-0.05, 0) is 37.3 Å². The van der Waals surface area contributed by atoms with Gasteiger partial charge in [0.15, 0.2) is 5.76 Å². The number of nitrogens with one attached hydrogen (secondary N) is 1. The number of fused-ring (bicyclic) bond motifs is 1. The van der Waals surface area contributed by atoms with Crippen LogP contribution in [0.4, 0.5) is 5.69 Å². The molecule has 0 unspecified atom stereocenters. The van der Waals surface area contributed by atoms with E-state index < -0.39 is 11.9 Å². The summed E-state index contributed by atoms with van der Waals surface area (Å²) in [7, 11) is 1.40. The van der Waals surface area contributed by atoms with Crippen LogP contribution in [-0.2, 0) is 4.74 Å². The average Bonchev–Trinajstić information content (AvgIpc) is 3.06. The number of amides is 1. The van der Waals surface area contributed by atoms with Crippen molar-refractivity contribution in [3.63, 3.8) is 0 Å². The highest BCUT2D eigenvalue weighted by molar-refractivity contribution is 6.34. The van der Waals surface area contributed by atoms with E-state index in [9.17, 15) is 9.59 Å². The summed E-state index contributed by atoms with van der Waals surface area (Å²) in [4.78, 5) is 24.5. The van der Waals surface area contributed by atoms with Gasteiger partial charge in [-0.3, -0.25) is 4.79 Å². The van der Waals surface area contributed by atoms with E-state index in [1.54, 1.807) is 31.2 Å². The summed E-state index contributed by atoms with van der Waals surface area (Å²) in [5.74, 6) is -0.750. The SMILES string of the molecule is CCOC(=O)c1cc(Cl)c(NC(=O)c2cc3cc(Cl)ccc3o2)cc1OC. The van der Waals surface area contributed by atoms with Gasteiger partial charge in [-0.1, -0.05) is 23.2 Å². The Hall–Kier alpha value is -2.70. The second-order valence-electron chi connectivity index (χ2n) is 5.50. The highest BCUT2D eigenvalue weighted by Crippen LogP contribution is 2.32. The standard InChI is InChI=1S/C19H15Cl2NO5/c1-3-26-19(24)12-8-13(21)14(9-16(12)25-2)22-18(23)17-7-10-6-11(20)4-5-15(10)27-17/h4-9H,3H2,1-2H3,(H,22,23). The number of hydrogen-bond donors (Lipinski definition) is 1. The van der Waals surface area contributed by atoms with Crippen molar-refractivity contribution in [1.29, 1.82) is 0 Å². The molecule has 0 bridgehead atoms. The van der Waals surface area contributed by atoms with Gasteiger partial charge in [0.1, 0.15) is 16.9 Å². The maximum Gasteiger partial charge on any atom is 0.341 e. The minimum atomic E-state index is -0.566. The van der Waals surface area contributed by atoms with E-state index in [1.165, 1.54) is 19.2 Å². The first-order valence-corrected chi connectivity index (χ1v) is 8.73. The van der Waals surface area contributed by atoms with Gasteiger partial charge in [0.25, 0.3) is 5.91 Å². The predicted molar refractivity (Wildman–Crippen MR) is 103 cm³/mol. The van der Waals surface area contributed by atoms with E-state index in [-0.39, 0.29) is 34.4 Å². The van der Waals surface area contributed by atoms with E-state index in [2.05, 4.69) is 5.32 Å². The molecule has 27 heavy (non-hydrogen) atoms. The molecule has 0 atom stereocenters. The summed E-state index contributed by atoms with van der Waals surface area (Å²) in [5, 5.41) is 4.05. The summed E-state index contributed by atoms with van der Waals surface area (Å²) in [6.07, 6.45) is 0. The maximum absolute atomic E-state index is 12.5.